The predicted molar refractivity (Wildman–Crippen MR) is 68.8 cm³/mol. The molecule has 0 radical (unpaired) electrons. The Hall–Kier alpha value is -1.84. The van der Waals surface area contributed by atoms with Crippen molar-refractivity contribution in [3.8, 4) is 0 Å². The highest BCUT2D eigenvalue weighted by molar-refractivity contribution is 5.88. The van der Waals surface area contributed by atoms with E-state index in [1.54, 1.807) is 4.90 Å². The minimum atomic E-state index is -0.466. The van der Waals surface area contributed by atoms with E-state index in [0.29, 0.717) is 19.4 Å². The average Bonchev–Trinajstić information content (AvgIpc) is 2.73. The minimum absolute atomic E-state index is 0.0227. The molecule has 2 amide bonds. The minimum Gasteiger partial charge on any atom is -0.368 e. The van der Waals surface area contributed by atoms with Crippen molar-refractivity contribution >= 4 is 11.8 Å². The molecule has 2 rings (SSSR count). The van der Waals surface area contributed by atoms with Crippen molar-refractivity contribution in [3.63, 3.8) is 0 Å². The molecule has 1 heterocycles. The van der Waals surface area contributed by atoms with Gasteiger partial charge >= 0.3 is 0 Å². The number of hydrogen-bond donors (Lipinski definition) is 1. The predicted octanol–water partition coefficient (Wildman–Crippen LogP) is 1.27. The number of benzene rings is 1. The first kappa shape index (κ1) is 12.6. The van der Waals surface area contributed by atoms with E-state index in [4.69, 9.17) is 5.73 Å². The van der Waals surface area contributed by atoms with Gasteiger partial charge in [-0.05, 0) is 12.0 Å². The molecule has 2 N–H and O–H groups in total. The fourth-order valence-corrected chi connectivity index (χ4v) is 2.56. The summed E-state index contributed by atoms with van der Waals surface area (Å²) in [5.41, 5.74) is 6.49. The molecule has 1 aliphatic rings. The summed E-state index contributed by atoms with van der Waals surface area (Å²) in [7, 11) is 0. The molecule has 18 heavy (non-hydrogen) atoms. The van der Waals surface area contributed by atoms with Gasteiger partial charge in [0, 0.05) is 18.9 Å². The Morgan fingerprint density at radius 1 is 1.44 bits per heavy atom. The highest BCUT2D eigenvalue weighted by Gasteiger charge is 2.36. The molecular weight excluding hydrogens is 228 g/mol. The zero-order chi connectivity index (χ0) is 13.1. The largest absolute Gasteiger partial charge is 0.368 e. The van der Waals surface area contributed by atoms with E-state index < -0.39 is 11.9 Å². The summed E-state index contributed by atoms with van der Waals surface area (Å²) in [6, 6.07) is 9.46. The molecule has 1 fully saturated rings. The van der Waals surface area contributed by atoms with Gasteiger partial charge in [0.1, 0.15) is 6.04 Å². The van der Waals surface area contributed by atoms with Crippen LogP contribution in [-0.4, -0.2) is 29.3 Å². The Kier molecular flexibility index (Phi) is 3.65. The summed E-state index contributed by atoms with van der Waals surface area (Å²) in [5.74, 6) is -0.221. The zero-order valence-corrected chi connectivity index (χ0v) is 10.5. The first-order valence-corrected chi connectivity index (χ1v) is 6.27. The van der Waals surface area contributed by atoms with Crippen LogP contribution in [0.1, 0.15) is 31.2 Å². The molecule has 96 valence electrons. The van der Waals surface area contributed by atoms with Gasteiger partial charge in [-0.2, -0.15) is 0 Å². The fraction of sp³-hybridized carbons (Fsp3) is 0.429. The SMILES string of the molecule is CC[C@@H](C(N)=O)N1CC(c2ccccc2)CC1=O. The number of carbonyl (C=O) groups excluding carboxylic acids is 2. The molecule has 1 unspecified atom stereocenters. The third-order valence-electron chi connectivity index (χ3n) is 3.52. The molecule has 0 aromatic heterocycles. The van der Waals surface area contributed by atoms with Gasteiger partial charge in [-0.1, -0.05) is 37.3 Å². The molecule has 1 aromatic carbocycles. The second-order valence-electron chi connectivity index (χ2n) is 4.68. The number of likely N-dealkylation sites (tertiary alicyclic amines) is 1. The van der Waals surface area contributed by atoms with Gasteiger partial charge in [-0.15, -0.1) is 0 Å². The van der Waals surface area contributed by atoms with E-state index in [1.807, 2.05) is 37.3 Å². The van der Waals surface area contributed by atoms with Crippen LogP contribution in [0.3, 0.4) is 0 Å². The van der Waals surface area contributed by atoms with E-state index in [-0.39, 0.29) is 11.8 Å². The second-order valence-corrected chi connectivity index (χ2v) is 4.68. The third-order valence-corrected chi connectivity index (χ3v) is 3.52. The lowest BCUT2D eigenvalue weighted by atomic mass is 9.98. The molecule has 4 heteroatoms. The second kappa shape index (κ2) is 5.21. The normalized spacial score (nSPS) is 21.1. The topological polar surface area (TPSA) is 63.4 Å². The standard InChI is InChI=1S/C14H18N2O2/c1-2-12(14(15)18)16-9-11(8-13(16)17)10-6-4-3-5-7-10/h3-7,11-12H,2,8-9H2,1H3,(H2,15,18)/t11?,12-/m0/s1. The van der Waals surface area contributed by atoms with E-state index in [2.05, 4.69) is 0 Å². The van der Waals surface area contributed by atoms with Gasteiger partial charge in [-0.3, -0.25) is 9.59 Å². The molecule has 0 spiro atoms. The zero-order valence-electron chi connectivity index (χ0n) is 10.5. The van der Waals surface area contributed by atoms with Crippen LogP contribution in [0.2, 0.25) is 0 Å². The molecule has 0 saturated carbocycles. The summed E-state index contributed by atoms with van der Waals surface area (Å²) >= 11 is 0. The van der Waals surface area contributed by atoms with Crippen LogP contribution >= 0.6 is 0 Å². The van der Waals surface area contributed by atoms with E-state index >= 15 is 0 Å². The van der Waals surface area contributed by atoms with Crippen molar-refractivity contribution in [3.05, 3.63) is 35.9 Å². The quantitative estimate of drug-likeness (QED) is 0.869. The molecule has 4 nitrogen and oxygen atoms in total. The summed E-state index contributed by atoms with van der Waals surface area (Å²) < 4.78 is 0. The van der Waals surface area contributed by atoms with Crippen molar-refractivity contribution in [2.24, 2.45) is 5.73 Å². The van der Waals surface area contributed by atoms with Gasteiger partial charge in [-0.25, -0.2) is 0 Å². The lowest BCUT2D eigenvalue weighted by Crippen LogP contribution is -2.45. The van der Waals surface area contributed by atoms with E-state index in [0.717, 1.165) is 5.56 Å². The highest BCUT2D eigenvalue weighted by Crippen LogP contribution is 2.29. The van der Waals surface area contributed by atoms with Gasteiger partial charge in [0.25, 0.3) is 0 Å². The van der Waals surface area contributed by atoms with E-state index in [9.17, 15) is 9.59 Å². The number of rotatable bonds is 4. The Balaban J connectivity index is 2.14. The number of hydrogen-bond acceptors (Lipinski definition) is 2. The van der Waals surface area contributed by atoms with Gasteiger partial charge < -0.3 is 10.6 Å². The Bertz CT molecular complexity index is 444. The molecule has 2 atom stereocenters. The van der Waals surface area contributed by atoms with Crippen molar-refractivity contribution in [2.75, 3.05) is 6.54 Å². The van der Waals surface area contributed by atoms with Crippen LogP contribution in [-0.2, 0) is 9.59 Å². The maximum Gasteiger partial charge on any atom is 0.240 e. The third kappa shape index (κ3) is 2.37. The molecule has 0 aliphatic carbocycles. The van der Waals surface area contributed by atoms with Crippen LogP contribution in [0.15, 0.2) is 30.3 Å². The molecule has 1 saturated heterocycles. The monoisotopic (exact) mass is 246 g/mol. The Morgan fingerprint density at radius 2 is 2.11 bits per heavy atom. The average molecular weight is 246 g/mol. The fourth-order valence-electron chi connectivity index (χ4n) is 2.56. The Morgan fingerprint density at radius 3 is 2.67 bits per heavy atom. The molecule has 1 aliphatic heterocycles. The van der Waals surface area contributed by atoms with Crippen molar-refractivity contribution in [2.45, 2.75) is 31.7 Å². The lowest BCUT2D eigenvalue weighted by Gasteiger charge is -2.24. The Labute approximate surface area is 107 Å². The van der Waals surface area contributed by atoms with E-state index in [1.165, 1.54) is 0 Å². The first-order valence-electron chi connectivity index (χ1n) is 6.27. The van der Waals surface area contributed by atoms with Crippen molar-refractivity contribution < 1.29 is 9.59 Å². The first-order chi connectivity index (χ1) is 8.63. The number of carbonyl (C=O) groups is 2. The molecule has 1 aromatic rings. The summed E-state index contributed by atoms with van der Waals surface area (Å²) in [6.45, 7) is 2.46. The molecule has 0 bridgehead atoms. The number of nitrogens with two attached hydrogens (primary N) is 1. The smallest absolute Gasteiger partial charge is 0.240 e. The number of primary amides is 1. The van der Waals surface area contributed by atoms with Crippen LogP contribution in [0, 0.1) is 0 Å². The van der Waals surface area contributed by atoms with Crippen molar-refractivity contribution in [1.82, 2.24) is 4.90 Å². The summed E-state index contributed by atoms with van der Waals surface area (Å²) in [6.07, 6.45) is 1.04. The highest BCUT2D eigenvalue weighted by atomic mass is 16.2. The van der Waals surface area contributed by atoms with Crippen LogP contribution in [0.4, 0.5) is 0 Å². The number of amides is 2. The summed E-state index contributed by atoms with van der Waals surface area (Å²) in [5, 5.41) is 0. The van der Waals surface area contributed by atoms with Crippen LogP contribution < -0.4 is 5.73 Å². The van der Waals surface area contributed by atoms with Crippen LogP contribution in [0.5, 0.6) is 0 Å². The molecular formula is C14H18N2O2. The maximum atomic E-state index is 12.0. The maximum absolute atomic E-state index is 12.0. The van der Waals surface area contributed by atoms with Crippen molar-refractivity contribution in [1.29, 1.82) is 0 Å². The van der Waals surface area contributed by atoms with Crippen LogP contribution in [0.25, 0.3) is 0 Å². The number of nitrogens with zero attached hydrogens (tertiary/aromatic N) is 1. The lowest BCUT2D eigenvalue weighted by molar-refractivity contribution is -0.136. The van der Waals surface area contributed by atoms with Gasteiger partial charge in [0.15, 0.2) is 0 Å². The van der Waals surface area contributed by atoms with Gasteiger partial charge in [0.05, 0.1) is 0 Å². The van der Waals surface area contributed by atoms with Gasteiger partial charge in [0.2, 0.25) is 11.8 Å². The summed E-state index contributed by atoms with van der Waals surface area (Å²) in [4.78, 5) is 24.9.